The molecule has 1 atom stereocenters. The van der Waals surface area contributed by atoms with Gasteiger partial charge in [-0.15, -0.1) is 0 Å². The molecule has 1 unspecified atom stereocenters. The predicted molar refractivity (Wildman–Crippen MR) is 103 cm³/mol. The van der Waals surface area contributed by atoms with E-state index in [0.717, 1.165) is 42.8 Å². The highest BCUT2D eigenvalue weighted by molar-refractivity contribution is 5.97. The number of aryl methyl sites for hydroxylation is 1. The number of piperidine rings is 1. The van der Waals surface area contributed by atoms with E-state index in [0.29, 0.717) is 18.7 Å². The van der Waals surface area contributed by atoms with Gasteiger partial charge < -0.3 is 18.8 Å². The van der Waals surface area contributed by atoms with Gasteiger partial charge in [-0.25, -0.2) is 9.97 Å². The van der Waals surface area contributed by atoms with Crippen molar-refractivity contribution in [2.75, 3.05) is 26.8 Å². The molecular weight excluding hydrogens is 342 g/mol. The van der Waals surface area contributed by atoms with E-state index in [-0.39, 0.29) is 11.8 Å². The number of imidazole rings is 2. The van der Waals surface area contributed by atoms with Crippen LogP contribution in [0.15, 0.2) is 36.9 Å². The van der Waals surface area contributed by atoms with Crippen LogP contribution in [0.4, 0.5) is 0 Å². The van der Waals surface area contributed by atoms with Crippen LogP contribution in [-0.2, 0) is 18.3 Å². The van der Waals surface area contributed by atoms with E-state index in [4.69, 9.17) is 4.74 Å². The number of rotatable bonds is 5. The van der Waals surface area contributed by atoms with E-state index in [1.165, 1.54) is 0 Å². The number of aromatic nitrogens is 4. The van der Waals surface area contributed by atoms with Crippen LogP contribution < -0.4 is 0 Å². The number of hydrogen-bond acceptors (Lipinski definition) is 4. The highest BCUT2D eigenvalue weighted by Gasteiger charge is 2.28. The molecule has 1 aromatic carbocycles. The van der Waals surface area contributed by atoms with E-state index >= 15 is 0 Å². The Morgan fingerprint density at radius 1 is 1.33 bits per heavy atom. The van der Waals surface area contributed by atoms with Gasteiger partial charge in [-0.3, -0.25) is 4.79 Å². The molecule has 1 saturated heterocycles. The summed E-state index contributed by atoms with van der Waals surface area (Å²) in [6, 6.07) is 5.75. The summed E-state index contributed by atoms with van der Waals surface area (Å²) in [5, 5.41) is 0. The van der Waals surface area contributed by atoms with Crippen LogP contribution in [0.1, 0.15) is 34.9 Å². The van der Waals surface area contributed by atoms with Gasteiger partial charge in [0.1, 0.15) is 5.82 Å². The number of amides is 1. The first-order chi connectivity index (χ1) is 13.2. The molecule has 3 heterocycles. The normalized spacial score (nSPS) is 17.6. The second-order valence-corrected chi connectivity index (χ2v) is 7.12. The SMILES string of the molecule is COCCn1ccnc1C1CCCN(C(=O)c2ccc3c(c2)ncn3C)C1. The summed E-state index contributed by atoms with van der Waals surface area (Å²) in [5.41, 5.74) is 2.58. The quantitative estimate of drug-likeness (QED) is 0.695. The summed E-state index contributed by atoms with van der Waals surface area (Å²) in [6.45, 7) is 2.92. The van der Waals surface area contributed by atoms with Gasteiger partial charge in [-0.2, -0.15) is 0 Å². The molecule has 1 fully saturated rings. The van der Waals surface area contributed by atoms with Gasteiger partial charge in [0, 0.05) is 57.7 Å². The third-order valence-electron chi connectivity index (χ3n) is 5.33. The Labute approximate surface area is 158 Å². The van der Waals surface area contributed by atoms with E-state index < -0.39 is 0 Å². The van der Waals surface area contributed by atoms with Crippen LogP contribution in [-0.4, -0.2) is 56.7 Å². The van der Waals surface area contributed by atoms with Crippen molar-refractivity contribution in [1.29, 1.82) is 0 Å². The predicted octanol–water partition coefficient (Wildman–Crippen LogP) is 2.44. The van der Waals surface area contributed by atoms with Gasteiger partial charge in [0.15, 0.2) is 0 Å². The Morgan fingerprint density at radius 3 is 3.07 bits per heavy atom. The summed E-state index contributed by atoms with van der Waals surface area (Å²) in [4.78, 5) is 23.9. The maximum Gasteiger partial charge on any atom is 0.253 e. The van der Waals surface area contributed by atoms with Gasteiger partial charge in [0.2, 0.25) is 0 Å². The lowest BCUT2D eigenvalue weighted by molar-refractivity contribution is 0.0702. The molecule has 142 valence electrons. The number of likely N-dealkylation sites (tertiary alicyclic amines) is 1. The number of ether oxygens (including phenoxy) is 1. The van der Waals surface area contributed by atoms with Crippen LogP contribution in [0.25, 0.3) is 11.0 Å². The van der Waals surface area contributed by atoms with Crippen LogP contribution in [0.3, 0.4) is 0 Å². The highest BCUT2D eigenvalue weighted by atomic mass is 16.5. The molecule has 0 spiro atoms. The first-order valence-corrected chi connectivity index (χ1v) is 9.37. The first-order valence-electron chi connectivity index (χ1n) is 9.37. The Hall–Kier alpha value is -2.67. The van der Waals surface area contributed by atoms with Gasteiger partial charge in [0.25, 0.3) is 5.91 Å². The zero-order chi connectivity index (χ0) is 18.8. The van der Waals surface area contributed by atoms with E-state index in [1.54, 1.807) is 13.4 Å². The summed E-state index contributed by atoms with van der Waals surface area (Å²) in [6.07, 6.45) is 7.63. The number of methoxy groups -OCH3 is 1. The Bertz CT molecular complexity index is 945. The molecule has 0 N–H and O–H groups in total. The standard InChI is InChI=1S/C20H25N5O2/c1-23-14-22-17-12-15(5-6-18(17)23)20(26)25-8-3-4-16(13-25)19-21-7-9-24(19)10-11-27-2/h5-7,9,12,14,16H,3-4,8,10-11,13H2,1-2H3. The van der Waals surface area contributed by atoms with Crippen LogP contribution >= 0.6 is 0 Å². The summed E-state index contributed by atoms with van der Waals surface area (Å²) in [7, 11) is 3.66. The molecule has 0 saturated carbocycles. The molecule has 4 rings (SSSR count). The second-order valence-electron chi connectivity index (χ2n) is 7.12. The number of benzene rings is 1. The van der Waals surface area contributed by atoms with Crippen molar-refractivity contribution in [3.8, 4) is 0 Å². The lowest BCUT2D eigenvalue weighted by Crippen LogP contribution is -2.39. The lowest BCUT2D eigenvalue weighted by Gasteiger charge is -2.32. The zero-order valence-electron chi connectivity index (χ0n) is 15.8. The largest absolute Gasteiger partial charge is 0.383 e. The fourth-order valence-corrected chi connectivity index (χ4v) is 3.88. The number of fused-ring (bicyclic) bond motifs is 1. The molecule has 3 aromatic rings. The van der Waals surface area contributed by atoms with Gasteiger partial charge in [0.05, 0.1) is 24.0 Å². The molecule has 1 amide bonds. The molecule has 0 bridgehead atoms. The average Bonchev–Trinajstić information content (AvgIpc) is 3.32. The van der Waals surface area contributed by atoms with Gasteiger partial charge in [-0.1, -0.05) is 0 Å². The summed E-state index contributed by atoms with van der Waals surface area (Å²) >= 11 is 0. The number of hydrogen-bond donors (Lipinski definition) is 0. The van der Waals surface area contributed by atoms with Crippen molar-refractivity contribution in [3.63, 3.8) is 0 Å². The molecule has 27 heavy (non-hydrogen) atoms. The minimum atomic E-state index is 0.0715. The summed E-state index contributed by atoms with van der Waals surface area (Å²) < 4.78 is 9.29. The van der Waals surface area contributed by atoms with Crippen LogP contribution in [0.5, 0.6) is 0 Å². The molecule has 1 aliphatic rings. The molecule has 0 aliphatic carbocycles. The smallest absolute Gasteiger partial charge is 0.253 e. The van der Waals surface area contributed by atoms with Gasteiger partial charge >= 0.3 is 0 Å². The fraction of sp³-hybridized carbons (Fsp3) is 0.450. The third kappa shape index (κ3) is 3.47. The number of carbonyl (C=O) groups excluding carboxylic acids is 1. The van der Waals surface area contributed by atoms with Crippen molar-refractivity contribution in [3.05, 3.63) is 48.3 Å². The van der Waals surface area contributed by atoms with E-state index in [9.17, 15) is 4.79 Å². The zero-order valence-corrected chi connectivity index (χ0v) is 15.8. The van der Waals surface area contributed by atoms with Crippen LogP contribution in [0.2, 0.25) is 0 Å². The minimum absolute atomic E-state index is 0.0715. The van der Waals surface area contributed by atoms with Crippen molar-refractivity contribution in [1.82, 2.24) is 24.0 Å². The van der Waals surface area contributed by atoms with E-state index in [1.807, 2.05) is 47.1 Å². The second kappa shape index (κ2) is 7.52. The van der Waals surface area contributed by atoms with Crippen molar-refractivity contribution < 1.29 is 9.53 Å². The van der Waals surface area contributed by atoms with E-state index in [2.05, 4.69) is 14.5 Å². The molecule has 1 aliphatic heterocycles. The Morgan fingerprint density at radius 2 is 2.22 bits per heavy atom. The van der Waals surface area contributed by atoms with Crippen LogP contribution in [0, 0.1) is 0 Å². The third-order valence-corrected chi connectivity index (χ3v) is 5.33. The topological polar surface area (TPSA) is 65.2 Å². The maximum atomic E-state index is 13.1. The monoisotopic (exact) mass is 367 g/mol. The number of nitrogens with zero attached hydrogens (tertiary/aromatic N) is 5. The number of carbonyl (C=O) groups is 1. The average molecular weight is 367 g/mol. The first kappa shape index (κ1) is 17.7. The van der Waals surface area contributed by atoms with Crippen molar-refractivity contribution in [2.24, 2.45) is 7.05 Å². The Kier molecular flexibility index (Phi) is 4.94. The molecule has 7 nitrogen and oxygen atoms in total. The highest BCUT2D eigenvalue weighted by Crippen LogP contribution is 2.27. The maximum absolute atomic E-state index is 13.1. The fourth-order valence-electron chi connectivity index (χ4n) is 3.88. The van der Waals surface area contributed by atoms with Crippen molar-refractivity contribution >= 4 is 16.9 Å². The Balaban J connectivity index is 1.52. The molecule has 7 heteroatoms. The molecule has 2 aromatic heterocycles. The minimum Gasteiger partial charge on any atom is -0.383 e. The lowest BCUT2D eigenvalue weighted by atomic mass is 9.96. The van der Waals surface area contributed by atoms with Gasteiger partial charge in [-0.05, 0) is 31.0 Å². The molecular formula is C20H25N5O2. The van der Waals surface area contributed by atoms with Crippen molar-refractivity contribution in [2.45, 2.75) is 25.3 Å². The summed E-state index contributed by atoms with van der Waals surface area (Å²) in [5.74, 6) is 1.38. The molecule has 0 radical (unpaired) electrons.